The Balaban J connectivity index is 1.55. The molecule has 4 aromatic rings. The van der Waals surface area contributed by atoms with E-state index in [4.69, 9.17) is 0 Å². The molecule has 0 spiro atoms. The topological polar surface area (TPSA) is 54.4 Å². The number of hydrogen-bond donors (Lipinski definition) is 1. The molecule has 2 aromatic carbocycles. The third-order valence-electron chi connectivity index (χ3n) is 3.70. The molecule has 0 aliphatic rings. The summed E-state index contributed by atoms with van der Waals surface area (Å²) in [4.78, 5) is 17.2. The van der Waals surface area contributed by atoms with Gasteiger partial charge in [0.15, 0.2) is 0 Å². The third-order valence-corrected chi connectivity index (χ3v) is 4.82. The largest absolute Gasteiger partial charge is 0.281 e. The number of benzene rings is 2. The molecular weight excluding hydrogens is 318 g/mol. The third kappa shape index (κ3) is 2.77. The van der Waals surface area contributed by atoms with Gasteiger partial charge < -0.3 is 0 Å². The number of pyridine rings is 1. The van der Waals surface area contributed by atoms with E-state index in [1.165, 1.54) is 11.3 Å². The summed E-state index contributed by atoms with van der Waals surface area (Å²) in [7, 11) is 0. The van der Waals surface area contributed by atoms with Gasteiger partial charge >= 0.3 is 0 Å². The average Bonchev–Trinajstić information content (AvgIpc) is 3.06. The van der Waals surface area contributed by atoms with Crippen molar-refractivity contribution in [2.24, 2.45) is 5.10 Å². The molecule has 116 valence electrons. The van der Waals surface area contributed by atoms with Crippen LogP contribution in [0.25, 0.3) is 21.0 Å². The number of nitrogens with one attached hydrogen (secondary N) is 1. The quantitative estimate of drug-likeness (QED) is 0.451. The van der Waals surface area contributed by atoms with Crippen LogP contribution in [0.4, 0.5) is 0 Å². The fourth-order valence-corrected chi connectivity index (χ4v) is 3.49. The first-order chi connectivity index (χ1) is 11.8. The second kappa shape index (κ2) is 6.22. The number of hydrogen-bond acceptors (Lipinski definition) is 4. The maximum atomic E-state index is 12.2. The van der Waals surface area contributed by atoms with Gasteiger partial charge in [0.2, 0.25) is 0 Å². The van der Waals surface area contributed by atoms with Crippen LogP contribution in [0.15, 0.2) is 72.0 Å². The highest BCUT2D eigenvalue weighted by atomic mass is 32.1. The molecule has 0 saturated carbocycles. The Labute approximate surface area is 142 Å². The predicted molar refractivity (Wildman–Crippen MR) is 98.6 cm³/mol. The minimum atomic E-state index is -0.203. The molecule has 0 bridgehead atoms. The van der Waals surface area contributed by atoms with E-state index in [1.54, 1.807) is 12.4 Å². The first kappa shape index (κ1) is 14.5. The van der Waals surface area contributed by atoms with Gasteiger partial charge in [-0.05, 0) is 29.7 Å². The van der Waals surface area contributed by atoms with Gasteiger partial charge in [0, 0.05) is 21.8 Å². The molecule has 0 saturated heterocycles. The van der Waals surface area contributed by atoms with Crippen LogP contribution in [0.5, 0.6) is 0 Å². The molecule has 1 N–H and O–H groups in total. The summed E-state index contributed by atoms with van der Waals surface area (Å²) in [6, 6.07) is 19.5. The van der Waals surface area contributed by atoms with Crippen LogP contribution in [-0.2, 0) is 0 Å². The van der Waals surface area contributed by atoms with Gasteiger partial charge in [0.25, 0.3) is 5.91 Å². The minimum Gasteiger partial charge on any atom is -0.266 e. The molecule has 0 atom stereocenters. The van der Waals surface area contributed by atoms with Crippen molar-refractivity contribution in [3.8, 4) is 0 Å². The van der Waals surface area contributed by atoms with Gasteiger partial charge in [-0.1, -0.05) is 36.4 Å². The van der Waals surface area contributed by atoms with Crippen molar-refractivity contribution in [1.82, 2.24) is 10.4 Å². The Morgan fingerprint density at radius 1 is 1.08 bits per heavy atom. The first-order valence-electron chi connectivity index (χ1n) is 7.47. The van der Waals surface area contributed by atoms with Crippen LogP contribution in [0.3, 0.4) is 0 Å². The van der Waals surface area contributed by atoms with Gasteiger partial charge in [-0.15, -0.1) is 11.3 Å². The Morgan fingerprint density at radius 2 is 1.92 bits per heavy atom. The summed E-state index contributed by atoms with van der Waals surface area (Å²) < 4.78 is 1.09. The lowest BCUT2D eigenvalue weighted by Crippen LogP contribution is -2.16. The number of aromatic nitrogens is 1. The molecule has 0 radical (unpaired) electrons. The number of carbonyl (C=O) groups excluding carboxylic acids is 1. The number of rotatable bonds is 3. The van der Waals surface area contributed by atoms with Crippen LogP contribution < -0.4 is 5.43 Å². The number of thiophene rings is 1. The van der Waals surface area contributed by atoms with E-state index in [0.29, 0.717) is 4.88 Å². The summed E-state index contributed by atoms with van der Waals surface area (Å²) in [5, 5.41) is 6.16. The summed E-state index contributed by atoms with van der Waals surface area (Å²) in [5.41, 5.74) is 4.41. The lowest BCUT2D eigenvalue weighted by atomic mass is 10.1. The van der Waals surface area contributed by atoms with Gasteiger partial charge in [0.1, 0.15) is 0 Å². The van der Waals surface area contributed by atoms with Crippen LogP contribution in [0.1, 0.15) is 15.2 Å². The number of fused-ring (bicyclic) bond motifs is 2. The lowest BCUT2D eigenvalue weighted by Gasteiger charge is -2.00. The fourth-order valence-electron chi connectivity index (χ4n) is 2.54. The molecule has 0 unspecified atom stereocenters. The highest BCUT2D eigenvalue weighted by molar-refractivity contribution is 7.20. The van der Waals surface area contributed by atoms with Crippen molar-refractivity contribution in [3.05, 3.63) is 77.3 Å². The number of nitrogens with zero attached hydrogens (tertiary/aromatic N) is 2. The van der Waals surface area contributed by atoms with Gasteiger partial charge in [-0.25, -0.2) is 5.43 Å². The summed E-state index contributed by atoms with van der Waals surface area (Å²) >= 11 is 1.46. The molecule has 1 amide bonds. The van der Waals surface area contributed by atoms with E-state index < -0.39 is 0 Å². The molecule has 4 nitrogen and oxygen atoms in total. The molecule has 24 heavy (non-hydrogen) atoms. The van der Waals surface area contributed by atoms with Crippen LogP contribution in [0.2, 0.25) is 0 Å². The second-order valence-electron chi connectivity index (χ2n) is 5.26. The van der Waals surface area contributed by atoms with Crippen LogP contribution in [-0.4, -0.2) is 17.1 Å². The zero-order chi connectivity index (χ0) is 16.4. The fraction of sp³-hybridized carbons (Fsp3) is 0. The predicted octanol–water partition coefficient (Wildman–Crippen LogP) is 4.21. The molecule has 5 heteroatoms. The maximum Gasteiger partial charge on any atom is 0.281 e. The number of carbonyl (C=O) groups is 1. The van der Waals surface area contributed by atoms with E-state index in [-0.39, 0.29) is 5.91 Å². The zero-order valence-corrected chi connectivity index (χ0v) is 13.5. The minimum absolute atomic E-state index is 0.203. The monoisotopic (exact) mass is 331 g/mol. The summed E-state index contributed by atoms with van der Waals surface area (Å²) in [6.07, 6.45) is 3.38. The van der Waals surface area contributed by atoms with Crippen molar-refractivity contribution in [3.63, 3.8) is 0 Å². The maximum absolute atomic E-state index is 12.2. The number of hydrazone groups is 1. The molecule has 0 fully saturated rings. The van der Waals surface area contributed by atoms with Crippen LogP contribution >= 0.6 is 11.3 Å². The summed E-state index contributed by atoms with van der Waals surface area (Å²) in [5.74, 6) is -0.203. The standard InChI is InChI=1S/C19H13N3OS/c23-19(18-11-13-5-1-4-8-17(13)24-18)22-21-12-14-9-10-20-16-7-3-2-6-15(14)16/h1-12H,(H,22,23). The van der Waals surface area contributed by atoms with Crippen molar-refractivity contribution >= 4 is 44.4 Å². The summed E-state index contributed by atoms with van der Waals surface area (Å²) in [6.45, 7) is 0. The molecule has 0 aliphatic heterocycles. The zero-order valence-electron chi connectivity index (χ0n) is 12.6. The highest BCUT2D eigenvalue weighted by Gasteiger charge is 2.08. The molecule has 0 aliphatic carbocycles. The van der Waals surface area contributed by atoms with Gasteiger partial charge in [-0.3, -0.25) is 9.78 Å². The van der Waals surface area contributed by atoms with Crippen LogP contribution in [0, 0.1) is 0 Å². The van der Waals surface area contributed by atoms with E-state index in [1.807, 2.05) is 60.7 Å². The second-order valence-corrected chi connectivity index (χ2v) is 6.35. The van der Waals surface area contributed by atoms with E-state index in [2.05, 4.69) is 15.5 Å². The van der Waals surface area contributed by atoms with Crippen molar-refractivity contribution in [2.75, 3.05) is 0 Å². The Hall–Kier alpha value is -3.05. The Bertz CT molecular complexity index is 1030. The van der Waals surface area contributed by atoms with Crippen molar-refractivity contribution in [1.29, 1.82) is 0 Å². The number of para-hydroxylation sites is 1. The van der Waals surface area contributed by atoms with E-state index in [9.17, 15) is 4.79 Å². The van der Waals surface area contributed by atoms with Crippen molar-refractivity contribution in [2.45, 2.75) is 0 Å². The number of amides is 1. The van der Waals surface area contributed by atoms with E-state index in [0.717, 1.165) is 26.6 Å². The normalized spacial score (nSPS) is 11.3. The highest BCUT2D eigenvalue weighted by Crippen LogP contribution is 2.25. The van der Waals surface area contributed by atoms with E-state index >= 15 is 0 Å². The SMILES string of the molecule is O=C(NN=Cc1ccnc2ccccc12)c1cc2ccccc2s1. The lowest BCUT2D eigenvalue weighted by molar-refractivity contribution is 0.0959. The van der Waals surface area contributed by atoms with Gasteiger partial charge in [-0.2, -0.15) is 5.10 Å². The Kier molecular flexibility index (Phi) is 3.76. The first-order valence-corrected chi connectivity index (χ1v) is 8.29. The smallest absolute Gasteiger partial charge is 0.266 e. The molecule has 2 aromatic heterocycles. The molecular formula is C19H13N3OS. The molecule has 4 rings (SSSR count). The average molecular weight is 331 g/mol. The molecule has 2 heterocycles. The Morgan fingerprint density at radius 3 is 2.83 bits per heavy atom. The van der Waals surface area contributed by atoms with Gasteiger partial charge in [0.05, 0.1) is 16.6 Å². The van der Waals surface area contributed by atoms with Crippen molar-refractivity contribution < 1.29 is 4.79 Å².